The van der Waals surface area contributed by atoms with E-state index in [4.69, 9.17) is 8.83 Å². The topological polar surface area (TPSA) is 32.8 Å². The van der Waals surface area contributed by atoms with Crippen molar-refractivity contribution in [2.75, 3.05) is 9.80 Å². The summed E-state index contributed by atoms with van der Waals surface area (Å²) in [5.41, 5.74) is 16.3. The molecule has 0 saturated heterocycles. The van der Waals surface area contributed by atoms with Gasteiger partial charge in [-0.1, -0.05) is 97.8 Å². The van der Waals surface area contributed by atoms with Crippen molar-refractivity contribution in [3.05, 3.63) is 192 Å². The van der Waals surface area contributed by atoms with Gasteiger partial charge in [0.15, 0.2) is 0 Å². The first-order chi connectivity index (χ1) is 29.7. The molecular weight excluding hydrogens is 745 g/mol. The molecular formula is C57H46N2O2. The van der Waals surface area contributed by atoms with E-state index < -0.39 is 0 Å². The standard InChI is InChI=1S/C57H46N2O2/c1-34(2)55-56-49(47-29-39-19-25-45(27-41(39)31-53(47)60-56)58(43-21-15-35(3)16-22-43)51-13-9-7-11-37(51)5)33-50-48-30-40-20-26-46(28-42(40)32-54(48)61-57(50)55)59(44-23-17-36(4)18-24-44)52-14-10-8-12-38(52)6/h7-34H,1-6H3. The van der Waals surface area contributed by atoms with Gasteiger partial charge >= 0.3 is 0 Å². The number of para-hydroxylation sites is 2. The first-order valence-corrected chi connectivity index (χ1v) is 21.3. The normalized spacial score (nSPS) is 11.9. The zero-order chi connectivity index (χ0) is 41.5. The third-order valence-corrected chi connectivity index (χ3v) is 12.5. The maximum atomic E-state index is 6.90. The van der Waals surface area contributed by atoms with Crippen molar-refractivity contribution in [1.29, 1.82) is 0 Å². The number of hydrogen-bond acceptors (Lipinski definition) is 4. The Morgan fingerprint density at radius 2 is 0.787 bits per heavy atom. The summed E-state index contributed by atoms with van der Waals surface area (Å²) in [6, 6.07) is 59.5. The first kappa shape index (κ1) is 36.8. The molecule has 296 valence electrons. The van der Waals surface area contributed by atoms with Crippen LogP contribution in [0.15, 0.2) is 173 Å². The summed E-state index contributed by atoms with van der Waals surface area (Å²) < 4.78 is 13.8. The van der Waals surface area contributed by atoms with Crippen molar-refractivity contribution in [1.82, 2.24) is 0 Å². The van der Waals surface area contributed by atoms with Crippen molar-refractivity contribution < 1.29 is 8.83 Å². The Labute approximate surface area is 355 Å². The van der Waals surface area contributed by atoms with E-state index in [-0.39, 0.29) is 5.92 Å². The van der Waals surface area contributed by atoms with Crippen LogP contribution >= 0.6 is 0 Å². The third kappa shape index (κ3) is 6.13. The average Bonchev–Trinajstić information content (AvgIpc) is 3.80. The van der Waals surface area contributed by atoms with Crippen molar-refractivity contribution >= 4 is 99.5 Å². The van der Waals surface area contributed by atoms with Crippen LogP contribution < -0.4 is 9.80 Å². The molecule has 0 unspecified atom stereocenters. The summed E-state index contributed by atoms with van der Waals surface area (Å²) >= 11 is 0. The molecule has 2 aromatic heterocycles. The molecule has 0 saturated carbocycles. The molecule has 0 spiro atoms. The van der Waals surface area contributed by atoms with Gasteiger partial charge in [0.25, 0.3) is 0 Å². The number of rotatable bonds is 7. The van der Waals surface area contributed by atoms with Crippen molar-refractivity contribution in [3.63, 3.8) is 0 Å². The Balaban J connectivity index is 1.05. The fourth-order valence-electron chi connectivity index (χ4n) is 9.30. The summed E-state index contributed by atoms with van der Waals surface area (Å²) in [6.45, 7) is 13.1. The van der Waals surface area contributed by atoms with E-state index in [0.717, 1.165) is 94.3 Å². The summed E-state index contributed by atoms with van der Waals surface area (Å²) in [6.07, 6.45) is 0. The summed E-state index contributed by atoms with van der Waals surface area (Å²) in [5, 5.41) is 9.05. The molecule has 0 bridgehead atoms. The monoisotopic (exact) mass is 790 g/mol. The first-order valence-electron chi connectivity index (χ1n) is 21.3. The minimum absolute atomic E-state index is 0.170. The Bertz CT molecular complexity index is 3270. The highest BCUT2D eigenvalue weighted by molar-refractivity contribution is 6.20. The van der Waals surface area contributed by atoms with Crippen LogP contribution in [-0.4, -0.2) is 0 Å². The molecule has 9 aromatic carbocycles. The number of benzene rings is 9. The van der Waals surface area contributed by atoms with Gasteiger partial charge in [-0.2, -0.15) is 0 Å². The Morgan fingerprint density at radius 1 is 0.377 bits per heavy atom. The van der Waals surface area contributed by atoms with Crippen molar-refractivity contribution in [2.45, 2.75) is 47.5 Å². The van der Waals surface area contributed by atoms with Crippen LogP contribution in [0.1, 0.15) is 47.6 Å². The molecule has 11 aromatic rings. The highest BCUT2D eigenvalue weighted by Gasteiger charge is 2.24. The second-order valence-corrected chi connectivity index (χ2v) is 17.1. The molecule has 0 atom stereocenters. The highest BCUT2D eigenvalue weighted by atomic mass is 16.3. The van der Waals surface area contributed by atoms with Gasteiger partial charge in [-0.05, 0) is 157 Å². The number of hydrogen-bond donors (Lipinski definition) is 0. The predicted molar refractivity (Wildman–Crippen MR) is 258 cm³/mol. The fourth-order valence-corrected chi connectivity index (χ4v) is 9.30. The van der Waals surface area contributed by atoms with Crippen LogP contribution in [0.3, 0.4) is 0 Å². The summed E-state index contributed by atoms with van der Waals surface area (Å²) in [5.74, 6) is 0.170. The van der Waals surface area contributed by atoms with Crippen LogP contribution in [0.4, 0.5) is 34.1 Å². The molecule has 0 aliphatic heterocycles. The molecule has 0 fully saturated rings. The van der Waals surface area contributed by atoms with Gasteiger partial charge in [0.05, 0.1) is 0 Å². The Morgan fingerprint density at radius 3 is 1.20 bits per heavy atom. The van der Waals surface area contributed by atoms with E-state index in [0.29, 0.717) is 0 Å². The maximum Gasteiger partial charge on any atom is 0.142 e. The summed E-state index contributed by atoms with van der Waals surface area (Å²) in [4.78, 5) is 4.70. The number of aryl methyl sites for hydroxylation is 4. The molecule has 11 rings (SSSR count). The maximum absolute atomic E-state index is 6.90. The molecule has 0 radical (unpaired) electrons. The lowest BCUT2D eigenvalue weighted by molar-refractivity contribution is 0.638. The molecule has 0 amide bonds. The van der Waals surface area contributed by atoms with Crippen LogP contribution in [0.5, 0.6) is 0 Å². The van der Waals surface area contributed by atoms with E-state index in [1.165, 1.54) is 33.0 Å². The number of anilines is 6. The van der Waals surface area contributed by atoms with Crippen LogP contribution in [-0.2, 0) is 0 Å². The molecule has 4 heteroatoms. The largest absolute Gasteiger partial charge is 0.456 e. The second-order valence-electron chi connectivity index (χ2n) is 17.1. The van der Waals surface area contributed by atoms with Gasteiger partial charge in [0.2, 0.25) is 0 Å². The van der Waals surface area contributed by atoms with E-state index in [2.05, 4.69) is 215 Å². The average molecular weight is 791 g/mol. The quantitative estimate of drug-likeness (QED) is 0.161. The molecule has 61 heavy (non-hydrogen) atoms. The van der Waals surface area contributed by atoms with Crippen molar-refractivity contribution in [3.8, 4) is 0 Å². The fraction of sp³-hybridized carbons (Fsp3) is 0.123. The van der Waals surface area contributed by atoms with Gasteiger partial charge < -0.3 is 18.6 Å². The lowest BCUT2D eigenvalue weighted by Crippen LogP contribution is -2.11. The Kier molecular flexibility index (Phi) is 8.54. The van der Waals surface area contributed by atoms with Crippen LogP contribution in [0.25, 0.3) is 65.4 Å². The Hall–Kier alpha value is -7.30. The van der Waals surface area contributed by atoms with E-state index in [1.54, 1.807) is 0 Å². The molecule has 0 aliphatic carbocycles. The van der Waals surface area contributed by atoms with Gasteiger partial charge in [-0.15, -0.1) is 0 Å². The minimum Gasteiger partial charge on any atom is -0.456 e. The van der Waals surface area contributed by atoms with E-state index in [1.807, 2.05) is 0 Å². The number of fused-ring (bicyclic) bond motifs is 8. The van der Waals surface area contributed by atoms with Crippen LogP contribution in [0, 0.1) is 27.7 Å². The zero-order valence-electron chi connectivity index (χ0n) is 35.4. The third-order valence-electron chi connectivity index (χ3n) is 12.5. The SMILES string of the molecule is Cc1ccc(N(c2ccc3cc4c(cc3c2)oc2c(C(C)C)c3oc5cc6cc(N(c7ccc(C)cc7)c7ccccc7C)ccc6cc5c3cc24)c2ccccc2C)cc1. The van der Waals surface area contributed by atoms with E-state index >= 15 is 0 Å². The highest BCUT2D eigenvalue weighted by Crippen LogP contribution is 2.46. The van der Waals surface area contributed by atoms with Gasteiger partial charge in [0, 0.05) is 61.2 Å². The lowest BCUT2D eigenvalue weighted by atomic mass is 9.95. The second kappa shape index (κ2) is 14.2. The molecule has 0 aliphatic rings. The zero-order valence-corrected chi connectivity index (χ0v) is 35.4. The number of furan rings is 2. The summed E-state index contributed by atoms with van der Waals surface area (Å²) in [7, 11) is 0. The lowest BCUT2D eigenvalue weighted by Gasteiger charge is -2.27. The van der Waals surface area contributed by atoms with Crippen LogP contribution in [0.2, 0.25) is 0 Å². The van der Waals surface area contributed by atoms with Gasteiger partial charge in [0.1, 0.15) is 22.3 Å². The smallest absolute Gasteiger partial charge is 0.142 e. The predicted octanol–water partition coefficient (Wildman–Crippen LogP) is 17.1. The van der Waals surface area contributed by atoms with Gasteiger partial charge in [-0.25, -0.2) is 0 Å². The minimum atomic E-state index is 0.170. The molecule has 0 N–H and O–H groups in total. The van der Waals surface area contributed by atoms with Crippen molar-refractivity contribution in [2.24, 2.45) is 0 Å². The number of nitrogens with zero attached hydrogens (tertiary/aromatic N) is 2. The van der Waals surface area contributed by atoms with E-state index in [9.17, 15) is 0 Å². The molecule has 4 nitrogen and oxygen atoms in total. The molecule has 2 heterocycles. The van der Waals surface area contributed by atoms with Gasteiger partial charge in [-0.3, -0.25) is 0 Å².